The van der Waals surface area contributed by atoms with E-state index in [1.807, 2.05) is 38.1 Å². The molecular formula is C16H19ClN2O2. The number of halogens is 1. The van der Waals surface area contributed by atoms with Gasteiger partial charge in [0.05, 0.1) is 0 Å². The number of aromatic nitrogens is 1. The quantitative estimate of drug-likeness (QED) is 0.835. The highest BCUT2D eigenvalue weighted by atomic mass is 35.5. The van der Waals surface area contributed by atoms with Gasteiger partial charge < -0.3 is 10.4 Å². The maximum atomic E-state index is 12.2. The summed E-state index contributed by atoms with van der Waals surface area (Å²) in [4.78, 5) is 16.3. The lowest BCUT2D eigenvalue weighted by atomic mass is 9.90. The van der Waals surface area contributed by atoms with E-state index in [-0.39, 0.29) is 17.9 Å². The van der Waals surface area contributed by atoms with Gasteiger partial charge in [0, 0.05) is 18.5 Å². The van der Waals surface area contributed by atoms with Gasteiger partial charge in [0.2, 0.25) is 0 Å². The van der Waals surface area contributed by atoms with E-state index < -0.39 is 0 Å². The summed E-state index contributed by atoms with van der Waals surface area (Å²) in [5.74, 6) is -0.256. The van der Waals surface area contributed by atoms with E-state index in [0.717, 1.165) is 10.8 Å². The van der Waals surface area contributed by atoms with Gasteiger partial charge in [-0.3, -0.25) is 4.79 Å². The van der Waals surface area contributed by atoms with Gasteiger partial charge in [0.15, 0.2) is 0 Å². The molecule has 0 aliphatic rings. The summed E-state index contributed by atoms with van der Waals surface area (Å²) in [6, 6.07) is 9.28. The molecule has 1 amide bonds. The van der Waals surface area contributed by atoms with Crippen molar-refractivity contribution in [3.63, 3.8) is 0 Å². The van der Waals surface area contributed by atoms with Crippen LogP contribution in [0.2, 0.25) is 5.15 Å². The van der Waals surface area contributed by atoms with E-state index in [4.69, 9.17) is 16.7 Å². The van der Waals surface area contributed by atoms with Crippen molar-refractivity contribution in [3.05, 3.63) is 41.2 Å². The largest absolute Gasteiger partial charge is 0.396 e. The van der Waals surface area contributed by atoms with Crippen LogP contribution in [-0.2, 0) is 0 Å². The summed E-state index contributed by atoms with van der Waals surface area (Å²) in [6.07, 6.45) is 0.624. The number of nitrogens with zero attached hydrogens (tertiary/aromatic N) is 1. The second-order valence-electron chi connectivity index (χ2n) is 5.84. The first-order chi connectivity index (χ1) is 9.93. The molecule has 0 spiro atoms. The van der Waals surface area contributed by atoms with Crippen LogP contribution in [0, 0.1) is 5.41 Å². The van der Waals surface area contributed by atoms with E-state index in [2.05, 4.69) is 10.3 Å². The molecule has 0 atom stereocenters. The maximum absolute atomic E-state index is 12.2. The SMILES string of the molecule is CC(C)(CCO)CNC(=O)c1cc2ccccc2c(Cl)n1. The third-order valence-electron chi connectivity index (χ3n) is 3.44. The van der Waals surface area contributed by atoms with Crippen molar-refractivity contribution >= 4 is 28.3 Å². The summed E-state index contributed by atoms with van der Waals surface area (Å²) >= 11 is 6.12. The second kappa shape index (κ2) is 6.41. The van der Waals surface area contributed by atoms with Crippen LogP contribution in [0.1, 0.15) is 30.8 Å². The fourth-order valence-corrected chi connectivity index (χ4v) is 2.34. The third-order valence-corrected chi connectivity index (χ3v) is 3.73. The van der Waals surface area contributed by atoms with Crippen LogP contribution in [0.4, 0.5) is 0 Å². The molecule has 2 N–H and O–H groups in total. The molecule has 2 rings (SSSR count). The van der Waals surface area contributed by atoms with E-state index in [9.17, 15) is 4.79 Å². The molecule has 1 heterocycles. The maximum Gasteiger partial charge on any atom is 0.269 e. The summed E-state index contributed by atoms with van der Waals surface area (Å²) in [5.41, 5.74) is 0.143. The molecule has 0 saturated heterocycles. The predicted octanol–water partition coefficient (Wildman–Crippen LogP) is 3.03. The van der Waals surface area contributed by atoms with Gasteiger partial charge in [-0.2, -0.15) is 0 Å². The van der Waals surface area contributed by atoms with Crippen LogP contribution in [0.15, 0.2) is 30.3 Å². The first kappa shape index (κ1) is 15.7. The highest BCUT2D eigenvalue weighted by molar-refractivity contribution is 6.34. The number of hydrogen-bond donors (Lipinski definition) is 2. The number of pyridine rings is 1. The van der Waals surface area contributed by atoms with Crippen LogP contribution < -0.4 is 5.32 Å². The van der Waals surface area contributed by atoms with Crippen molar-refractivity contribution in [2.75, 3.05) is 13.2 Å². The Morgan fingerprint density at radius 3 is 2.81 bits per heavy atom. The lowest BCUT2D eigenvalue weighted by molar-refractivity contribution is 0.0923. The Balaban J connectivity index is 2.16. The zero-order valence-electron chi connectivity index (χ0n) is 12.2. The molecule has 1 aromatic carbocycles. The zero-order chi connectivity index (χ0) is 15.5. The highest BCUT2D eigenvalue weighted by Gasteiger charge is 2.19. The molecular weight excluding hydrogens is 288 g/mol. The number of rotatable bonds is 5. The van der Waals surface area contributed by atoms with Crippen molar-refractivity contribution in [1.29, 1.82) is 0 Å². The summed E-state index contributed by atoms with van der Waals surface area (Å²) in [6.45, 7) is 4.55. The average Bonchev–Trinajstić information content (AvgIpc) is 2.45. The third kappa shape index (κ3) is 3.93. The molecule has 0 radical (unpaired) electrons. The minimum absolute atomic E-state index is 0.100. The molecule has 112 valence electrons. The Kier molecular flexibility index (Phi) is 4.80. The van der Waals surface area contributed by atoms with Gasteiger partial charge in [-0.1, -0.05) is 49.7 Å². The summed E-state index contributed by atoms with van der Waals surface area (Å²) in [7, 11) is 0. The lowest BCUT2D eigenvalue weighted by Gasteiger charge is -2.23. The van der Waals surface area contributed by atoms with Crippen molar-refractivity contribution < 1.29 is 9.90 Å². The molecule has 0 fully saturated rings. The van der Waals surface area contributed by atoms with Gasteiger partial charge in [0.1, 0.15) is 10.8 Å². The molecule has 0 aliphatic heterocycles. The number of carbonyl (C=O) groups is 1. The van der Waals surface area contributed by atoms with Crippen LogP contribution in [0.5, 0.6) is 0 Å². The zero-order valence-corrected chi connectivity index (χ0v) is 12.9. The monoisotopic (exact) mass is 306 g/mol. The van der Waals surface area contributed by atoms with Crippen LogP contribution in [0.3, 0.4) is 0 Å². The topological polar surface area (TPSA) is 62.2 Å². The number of hydrogen-bond acceptors (Lipinski definition) is 3. The predicted molar refractivity (Wildman–Crippen MR) is 84.6 cm³/mol. The number of amides is 1. The Labute approximate surface area is 129 Å². The summed E-state index contributed by atoms with van der Waals surface area (Å²) < 4.78 is 0. The number of benzene rings is 1. The van der Waals surface area contributed by atoms with Gasteiger partial charge >= 0.3 is 0 Å². The summed E-state index contributed by atoms with van der Waals surface area (Å²) in [5, 5.41) is 13.9. The first-order valence-electron chi connectivity index (χ1n) is 6.87. The first-order valence-corrected chi connectivity index (χ1v) is 7.25. The average molecular weight is 307 g/mol. The van der Waals surface area contributed by atoms with E-state index in [1.54, 1.807) is 6.07 Å². The fraction of sp³-hybridized carbons (Fsp3) is 0.375. The molecule has 0 bridgehead atoms. The van der Waals surface area contributed by atoms with Crippen LogP contribution in [-0.4, -0.2) is 29.1 Å². The molecule has 4 nitrogen and oxygen atoms in total. The molecule has 21 heavy (non-hydrogen) atoms. The Morgan fingerprint density at radius 2 is 2.10 bits per heavy atom. The number of fused-ring (bicyclic) bond motifs is 1. The smallest absolute Gasteiger partial charge is 0.269 e. The minimum atomic E-state index is -0.256. The molecule has 2 aromatic rings. The molecule has 0 unspecified atom stereocenters. The van der Waals surface area contributed by atoms with Crippen molar-refractivity contribution in [2.24, 2.45) is 5.41 Å². The Hall–Kier alpha value is -1.65. The normalized spacial score (nSPS) is 11.6. The molecule has 0 aliphatic carbocycles. The van der Waals surface area contributed by atoms with Gasteiger partial charge in [-0.15, -0.1) is 0 Å². The van der Waals surface area contributed by atoms with Crippen molar-refractivity contribution in [2.45, 2.75) is 20.3 Å². The standard InChI is InChI=1S/C16H19ClN2O2/c1-16(2,7-8-20)10-18-15(21)13-9-11-5-3-4-6-12(11)14(17)19-13/h3-6,9,20H,7-8,10H2,1-2H3,(H,18,21). The fourth-order valence-electron chi connectivity index (χ4n) is 2.07. The second-order valence-corrected chi connectivity index (χ2v) is 6.20. The molecule has 1 aromatic heterocycles. The van der Waals surface area contributed by atoms with E-state index in [0.29, 0.717) is 23.8 Å². The van der Waals surface area contributed by atoms with Crippen LogP contribution in [0.25, 0.3) is 10.8 Å². The number of nitrogens with one attached hydrogen (secondary N) is 1. The minimum Gasteiger partial charge on any atom is -0.396 e. The number of carbonyl (C=O) groups excluding carboxylic acids is 1. The van der Waals surface area contributed by atoms with Gasteiger partial charge in [-0.05, 0) is 23.3 Å². The van der Waals surface area contributed by atoms with E-state index in [1.165, 1.54) is 0 Å². The highest BCUT2D eigenvalue weighted by Crippen LogP contribution is 2.23. The lowest BCUT2D eigenvalue weighted by Crippen LogP contribution is -2.35. The molecule has 0 saturated carbocycles. The van der Waals surface area contributed by atoms with Crippen LogP contribution >= 0.6 is 11.6 Å². The van der Waals surface area contributed by atoms with Gasteiger partial charge in [0.25, 0.3) is 5.91 Å². The van der Waals surface area contributed by atoms with E-state index >= 15 is 0 Å². The van der Waals surface area contributed by atoms with Crippen molar-refractivity contribution in [3.8, 4) is 0 Å². The number of aliphatic hydroxyl groups is 1. The van der Waals surface area contributed by atoms with Gasteiger partial charge in [-0.25, -0.2) is 4.98 Å². The Bertz CT molecular complexity index is 656. The number of aliphatic hydroxyl groups excluding tert-OH is 1. The Morgan fingerprint density at radius 1 is 1.38 bits per heavy atom. The van der Waals surface area contributed by atoms with Crippen molar-refractivity contribution in [1.82, 2.24) is 10.3 Å². The molecule has 5 heteroatoms.